The van der Waals surface area contributed by atoms with Crippen LogP contribution in [-0.4, -0.2) is 5.11 Å². The number of hydrogen-bond donors (Lipinski definition) is 2. The highest BCUT2D eigenvalue weighted by atomic mass is 32.1. The third-order valence-corrected chi connectivity index (χ3v) is 3.98. The molecule has 0 saturated heterocycles. The van der Waals surface area contributed by atoms with Gasteiger partial charge in [0.05, 0.1) is 6.04 Å². The first-order chi connectivity index (χ1) is 10.5. The Bertz CT molecular complexity index is 615. The molecule has 2 rings (SSSR count). The number of aryl methyl sites for hydroxylation is 1. The maximum Gasteiger partial charge on any atom is 0.171 e. The summed E-state index contributed by atoms with van der Waals surface area (Å²) >= 11 is 5.39. The molecule has 0 heterocycles. The van der Waals surface area contributed by atoms with Gasteiger partial charge in [0.1, 0.15) is 0 Å². The molecule has 1 atom stereocenters. The summed E-state index contributed by atoms with van der Waals surface area (Å²) in [6.45, 7) is 8.60. The molecule has 2 N–H and O–H groups in total. The molecule has 0 aliphatic carbocycles. The quantitative estimate of drug-likeness (QED) is 0.762. The molecule has 116 valence electrons. The zero-order chi connectivity index (χ0) is 16.1. The lowest BCUT2D eigenvalue weighted by Crippen LogP contribution is -2.30. The van der Waals surface area contributed by atoms with Gasteiger partial charge in [-0.2, -0.15) is 0 Å². The highest BCUT2D eigenvalue weighted by Crippen LogP contribution is 2.18. The lowest BCUT2D eigenvalue weighted by atomic mass is 10.00. The normalized spacial score (nSPS) is 12.0. The largest absolute Gasteiger partial charge is 0.356 e. The van der Waals surface area contributed by atoms with Gasteiger partial charge in [-0.25, -0.2) is 0 Å². The molecule has 0 radical (unpaired) electrons. The van der Waals surface area contributed by atoms with Crippen LogP contribution in [-0.2, 0) is 0 Å². The molecule has 22 heavy (non-hydrogen) atoms. The second-order valence-corrected chi connectivity index (χ2v) is 6.42. The average Bonchev–Trinajstić information content (AvgIpc) is 2.49. The number of nitrogens with one attached hydrogen (secondary N) is 2. The summed E-state index contributed by atoms with van der Waals surface area (Å²) in [4.78, 5) is 0. The Morgan fingerprint density at radius 2 is 1.41 bits per heavy atom. The minimum Gasteiger partial charge on any atom is -0.356 e. The standard InChI is InChI=1S/C19H24N2S/c1-13(2)16-7-9-17(10-8-16)15(4)20-19(22)21-18-11-5-14(3)6-12-18/h5-13,15H,1-4H3,(H2,20,21,22)/t15-/m0/s1. The van der Waals surface area contributed by atoms with Gasteiger partial charge in [0.2, 0.25) is 0 Å². The lowest BCUT2D eigenvalue weighted by molar-refractivity contribution is 0.721. The van der Waals surface area contributed by atoms with Crippen LogP contribution in [0.2, 0.25) is 0 Å². The fourth-order valence-corrected chi connectivity index (χ4v) is 2.55. The van der Waals surface area contributed by atoms with E-state index in [0.29, 0.717) is 11.0 Å². The monoisotopic (exact) mass is 312 g/mol. The fraction of sp³-hybridized carbons (Fsp3) is 0.316. The second kappa shape index (κ2) is 7.41. The third kappa shape index (κ3) is 4.57. The number of anilines is 1. The van der Waals surface area contributed by atoms with Gasteiger partial charge < -0.3 is 10.6 Å². The van der Waals surface area contributed by atoms with E-state index >= 15 is 0 Å². The van der Waals surface area contributed by atoms with E-state index in [9.17, 15) is 0 Å². The molecule has 2 nitrogen and oxygen atoms in total. The molecule has 2 aromatic rings. The van der Waals surface area contributed by atoms with E-state index in [1.165, 1.54) is 16.7 Å². The third-order valence-electron chi connectivity index (χ3n) is 3.76. The Morgan fingerprint density at radius 3 is 1.95 bits per heavy atom. The molecular weight excluding hydrogens is 288 g/mol. The molecule has 2 aromatic carbocycles. The van der Waals surface area contributed by atoms with Crippen molar-refractivity contribution in [2.75, 3.05) is 5.32 Å². The molecule has 0 amide bonds. The summed E-state index contributed by atoms with van der Waals surface area (Å²) in [6.07, 6.45) is 0. The van der Waals surface area contributed by atoms with Crippen LogP contribution in [0.1, 0.15) is 49.4 Å². The molecule has 0 unspecified atom stereocenters. The summed E-state index contributed by atoms with van der Waals surface area (Å²) in [5.41, 5.74) is 4.84. The van der Waals surface area contributed by atoms with Crippen molar-refractivity contribution in [3.05, 3.63) is 65.2 Å². The molecule has 0 aliphatic rings. The first-order valence-electron chi connectivity index (χ1n) is 7.69. The van der Waals surface area contributed by atoms with Crippen LogP contribution < -0.4 is 10.6 Å². The van der Waals surface area contributed by atoms with E-state index in [-0.39, 0.29) is 6.04 Å². The van der Waals surface area contributed by atoms with Crippen molar-refractivity contribution in [2.45, 2.75) is 39.7 Å². The van der Waals surface area contributed by atoms with Crippen molar-refractivity contribution in [2.24, 2.45) is 0 Å². The van der Waals surface area contributed by atoms with Gasteiger partial charge in [0, 0.05) is 5.69 Å². The van der Waals surface area contributed by atoms with Crippen molar-refractivity contribution in [1.29, 1.82) is 0 Å². The first kappa shape index (κ1) is 16.5. The zero-order valence-corrected chi connectivity index (χ0v) is 14.5. The summed E-state index contributed by atoms with van der Waals surface area (Å²) in [5, 5.41) is 7.19. The molecule has 0 bridgehead atoms. The van der Waals surface area contributed by atoms with E-state index in [1.807, 2.05) is 12.1 Å². The Morgan fingerprint density at radius 1 is 0.864 bits per heavy atom. The molecule has 0 fully saturated rings. The Kier molecular flexibility index (Phi) is 5.56. The van der Waals surface area contributed by atoms with Crippen LogP contribution in [0.3, 0.4) is 0 Å². The second-order valence-electron chi connectivity index (χ2n) is 6.01. The average molecular weight is 312 g/mol. The highest BCUT2D eigenvalue weighted by molar-refractivity contribution is 7.80. The maximum atomic E-state index is 5.39. The van der Waals surface area contributed by atoms with E-state index < -0.39 is 0 Å². The predicted octanol–water partition coefficient (Wildman–Crippen LogP) is 5.17. The number of rotatable bonds is 4. The van der Waals surface area contributed by atoms with Gasteiger partial charge in [-0.3, -0.25) is 0 Å². The van der Waals surface area contributed by atoms with Crippen LogP contribution >= 0.6 is 12.2 Å². The molecule has 3 heteroatoms. The SMILES string of the molecule is Cc1ccc(NC(=S)N[C@@H](C)c2ccc(C(C)C)cc2)cc1. The Balaban J connectivity index is 1.94. The minimum absolute atomic E-state index is 0.173. The Labute approximate surface area is 139 Å². The lowest BCUT2D eigenvalue weighted by Gasteiger charge is -2.18. The van der Waals surface area contributed by atoms with E-state index in [4.69, 9.17) is 12.2 Å². The molecule has 0 aromatic heterocycles. The van der Waals surface area contributed by atoms with Crippen molar-refractivity contribution in [1.82, 2.24) is 5.32 Å². The van der Waals surface area contributed by atoms with Gasteiger partial charge >= 0.3 is 0 Å². The smallest absolute Gasteiger partial charge is 0.171 e. The van der Waals surface area contributed by atoms with Crippen molar-refractivity contribution in [3.8, 4) is 0 Å². The summed E-state index contributed by atoms with van der Waals surface area (Å²) in [7, 11) is 0. The van der Waals surface area contributed by atoms with Crippen molar-refractivity contribution in [3.63, 3.8) is 0 Å². The summed E-state index contributed by atoms with van der Waals surface area (Å²) in [6, 6.07) is 17.1. The van der Waals surface area contributed by atoms with Crippen LogP contribution in [0, 0.1) is 6.92 Å². The van der Waals surface area contributed by atoms with Crippen LogP contribution in [0.15, 0.2) is 48.5 Å². The van der Waals surface area contributed by atoms with Gasteiger partial charge in [-0.15, -0.1) is 0 Å². The maximum absolute atomic E-state index is 5.39. The molecular formula is C19H24N2S. The van der Waals surface area contributed by atoms with Crippen LogP contribution in [0.4, 0.5) is 5.69 Å². The summed E-state index contributed by atoms with van der Waals surface area (Å²) in [5.74, 6) is 0.557. The van der Waals surface area contributed by atoms with Gasteiger partial charge in [-0.1, -0.05) is 55.8 Å². The topological polar surface area (TPSA) is 24.1 Å². The van der Waals surface area contributed by atoms with Gasteiger partial charge in [0.25, 0.3) is 0 Å². The fourth-order valence-electron chi connectivity index (χ4n) is 2.25. The van der Waals surface area contributed by atoms with Gasteiger partial charge in [0.15, 0.2) is 5.11 Å². The molecule has 0 spiro atoms. The van der Waals surface area contributed by atoms with E-state index in [1.54, 1.807) is 0 Å². The highest BCUT2D eigenvalue weighted by Gasteiger charge is 2.08. The number of thiocarbonyl (C=S) groups is 1. The Hall–Kier alpha value is -1.87. The van der Waals surface area contributed by atoms with Crippen molar-refractivity contribution >= 4 is 23.0 Å². The van der Waals surface area contributed by atoms with Crippen molar-refractivity contribution < 1.29 is 0 Å². The first-order valence-corrected chi connectivity index (χ1v) is 8.10. The zero-order valence-electron chi connectivity index (χ0n) is 13.7. The number of benzene rings is 2. The molecule has 0 aliphatic heterocycles. The molecule has 0 saturated carbocycles. The van der Waals surface area contributed by atoms with E-state index in [2.05, 4.69) is 74.7 Å². The van der Waals surface area contributed by atoms with Crippen LogP contribution in [0.25, 0.3) is 0 Å². The van der Waals surface area contributed by atoms with Gasteiger partial charge in [-0.05, 0) is 55.2 Å². The summed E-state index contributed by atoms with van der Waals surface area (Å²) < 4.78 is 0. The van der Waals surface area contributed by atoms with Crippen LogP contribution in [0.5, 0.6) is 0 Å². The van der Waals surface area contributed by atoms with E-state index in [0.717, 1.165) is 5.69 Å². The minimum atomic E-state index is 0.173. The number of hydrogen-bond acceptors (Lipinski definition) is 1. The predicted molar refractivity (Wildman–Crippen MR) is 99.5 cm³/mol.